The highest BCUT2D eigenvalue weighted by molar-refractivity contribution is 7.12. The van der Waals surface area contributed by atoms with Gasteiger partial charge in [-0.05, 0) is 58.2 Å². The lowest BCUT2D eigenvalue weighted by Gasteiger charge is -2.33. The van der Waals surface area contributed by atoms with Gasteiger partial charge in [-0.3, -0.25) is 9.48 Å². The molecule has 0 N–H and O–H groups in total. The largest absolute Gasteiger partial charge is 0.340 e. The Morgan fingerprint density at radius 2 is 2.12 bits per heavy atom. The second kappa shape index (κ2) is 6.03. The third kappa shape index (κ3) is 2.90. The fourth-order valence-corrected chi connectivity index (χ4v) is 5.10. The summed E-state index contributed by atoms with van der Waals surface area (Å²) in [6.07, 6.45) is 3.22. The summed E-state index contributed by atoms with van der Waals surface area (Å²) in [6.45, 7) is 8.00. The van der Waals surface area contributed by atoms with Gasteiger partial charge >= 0.3 is 0 Å². The molecule has 24 heavy (non-hydrogen) atoms. The number of carbonyl (C=O) groups is 1. The zero-order valence-electron chi connectivity index (χ0n) is 14.7. The molecule has 1 saturated carbocycles. The molecule has 4 nitrogen and oxygen atoms in total. The Morgan fingerprint density at radius 3 is 2.79 bits per heavy atom. The second-order valence-electron chi connectivity index (χ2n) is 7.35. The first-order valence-electron chi connectivity index (χ1n) is 8.91. The minimum absolute atomic E-state index is 0.210. The van der Waals surface area contributed by atoms with E-state index in [1.54, 1.807) is 0 Å². The fraction of sp³-hybridized carbons (Fsp3) is 0.579. The van der Waals surface area contributed by atoms with E-state index in [1.165, 1.54) is 15.4 Å². The van der Waals surface area contributed by atoms with Gasteiger partial charge in [0, 0.05) is 40.4 Å². The number of piperidine rings is 1. The normalized spacial score (nSPS) is 26.6. The Morgan fingerprint density at radius 1 is 1.29 bits per heavy atom. The van der Waals surface area contributed by atoms with Gasteiger partial charge in [-0.15, -0.1) is 11.3 Å². The van der Waals surface area contributed by atoms with Gasteiger partial charge in [-0.2, -0.15) is 5.10 Å². The summed E-state index contributed by atoms with van der Waals surface area (Å²) in [7, 11) is 0. The topological polar surface area (TPSA) is 38.1 Å². The lowest BCUT2D eigenvalue weighted by atomic mass is 10.0. The molecule has 1 amide bonds. The Labute approximate surface area is 147 Å². The number of hydrogen-bond acceptors (Lipinski definition) is 3. The van der Waals surface area contributed by atoms with Gasteiger partial charge in [-0.1, -0.05) is 0 Å². The average molecular weight is 343 g/mol. The standard InChI is InChI=1S/C19H25N3OS/c1-12-9-13(2)22(20-12)15-5-4-8-21(11-15)19(23)17-10-16(17)18-7-6-14(3)24-18/h6-7,9,15-17H,4-5,8,10-11H2,1-3H3/t15-,16-,17-/m1/s1. The second-order valence-corrected chi connectivity index (χ2v) is 8.67. The van der Waals surface area contributed by atoms with E-state index in [9.17, 15) is 4.79 Å². The van der Waals surface area contributed by atoms with Crippen molar-refractivity contribution in [1.29, 1.82) is 0 Å². The summed E-state index contributed by atoms with van der Waals surface area (Å²) in [4.78, 5) is 17.7. The molecule has 0 bridgehead atoms. The highest BCUT2D eigenvalue weighted by Gasteiger charge is 2.47. The summed E-state index contributed by atoms with van der Waals surface area (Å²) in [6, 6.07) is 6.82. The molecule has 3 heterocycles. The molecule has 2 aromatic rings. The van der Waals surface area contributed by atoms with Crippen LogP contribution in [0.2, 0.25) is 0 Å². The number of aryl methyl sites for hydroxylation is 3. The molecule has 5 heteroatoms. The lowest BCUT2D eigenvalue weighted by Crippen LogP contribution is -2.42. The van der Waals surface area contributed by atoms with Gasteiger partial charge in [0.2, 0.25) is 5.91 Å². The van der Waals surface area contributed by atoms with Gasteiger partial charge in [0.05, 0.1) is 11.7 Å². The highest BCUT2D eigenvalue weighted by atomic mass is 32.1. The van der Waals surface area contributed by atoms with Gasteiger partial charge in [0.25, 0.3) is 0 Å². The SMILES string of the molecule is Cc1cc(C)n([C@@H]2CCCN(C(=O)[C@@H]3C[C@H]3c3ccc(C)s3)C2)n1. The minimum atomic E-state index is 0.210. The Hall–Kier alpha value is -1.62. The molecule has 0 radical (unpaired) electrons. The van der Waals surface area contributed by atoms with Gasteiger partial charge in [-0.25, -0.2) is 0 Å². The zero-order valence-corrected chi connectivity index (χ0v) is 15.5. The van der Waals surface area contributed by atoms with Crippen LogP contribution in [-0.4, -0.2) is 33.7 Å². The van der Waals surface area contributed by atoms with Crippen LogP contribution in [0.1, 0.15) is 52.4 Å². The van der Waals surface area contributed by atoms with Crippen LogP contribution in [0.4, 0.5) is 0 Å². The summed E-state index contributed by atoms with van der Waals surface area (Å²) < 4.78 is 2.13. The molecule has 0 spiro atoms. The predicted molar refractivity (Wildman–Crippen MR) is 96.5 cm³/mol. The number of nitrogens with zero attached hydrogens (tertiary/aromatic N) is 3. The van der Waals surface area contributed by atoms with E-state index in [2.05, 4.69) is 46.7 Å². The molecule has 0 unspecified atom stereocenters. The number of rotatable bonds is 3. The van der Waals surface area contributed by atoms with Crippen molar-refractivity contribution in [1.82, 2.24) is 14.7 Å². The molecule has 1 aliphatic carbocycles. The number of likely N-dealkylation sites (tertiary alicyclic amines) is 1. The molecule has 2 fully saturated rings. The first-order chi connectivity index (χ1) is 11.5. The van der Waals surface area contributed by atoms with Crippen LogP contribution in [-0.2, 0) is 4.79 Å². The molecule has 0 aromatic carbocycles. The summed E-state index contributed by atoms with van der Waals surface area (Å²) in [5, 5.41) is 4.63. The van der Waals surface area contributed by atoms with Gasteiger partial charge in [0.15, 0.2) is 0 Å². The Balaban J connectivity index is 1.43. The summed E-state index contributed by atoms with van der Waals surface area (Å²) in [5.41, 5.74) is 2.26. The predicted octanol–water partition coefficient (Wildman–Crippen LogP) is 3.84. The Kier molecular flexibility index (Phi) is 3.99. The van der Waals surface area contributed by atoms with Crippen LogP contribution in [0.5, 0.6) is 0 Å². The zero-order chi connectivity index (χ0) is 16.8. The molecule has 1 aliphatic heterocycles. The van der Waals surface area contributed by atoms with E-state index >= 15 is 0 Å². The smallest absolute Gasteiger partial charge is 0.226 e. The van der Waals surface area contributed by atoms with Crippen molar-refractivity contribution >= 4 is 17.2 Å². The number of amides is 1. The van der Waals surface area contributed by atoms with Crippen LogP contribution < -0.4 is 0 Å². The number of hydrogen-bond donors (Lipinski definition) is 0. The number of aromatic nitrogens is 2. The molecule has 4 rings (SSSR count). The summed E-state index contributed by atoms with van der Waals surface area (Å²) in [5.74, 6) is 1.03. The van der Waals surface area contributed by atoms with Crippen molar-refractivity contribution in [2.45, 2.75) is 52.0 Å². The van der Waals surface area contributed by atoms with E-state index in [1.807, 2.05) is 18.3 Å². The lowest BCUT2D eigenvalue weighted by molar-refractivity contribution is -0.134. The van der Waals surface area contributed by atoms with E-state index in [-0.39, 0.29) is 5.92 Å². The van der Waals surface area contributed by atoms with Crippen LogP contribution in [0, 0.1) is 26.7 Å². The molecular weight excluding hydrogens is 318 g/mol. The molecule has 2 aromatic heterocycles. The monoisotopic (exact) mass is 343 g/mol. The molecule has 2 aliphatic rings. The average Bonchev–Trinajstić information content (AvgIpc) is 3.13. The van der Waals surface area contributed by atoms with Crippen molar-refractivity contribution in [2.24, 2.45) is 5.92 Å². The maximum absolute atomic E-state index is 12.9. The first kappa shape index (κ1) is 15.9. The molecule has 128 valence electrons. The van der Waals surface area contributed by atoms with Crippen LogP contribution in [0.3, 0.4) is 0 Å². The van der Waals surface area contributed by atoms with E-state index in [0.29, 0.717) is 17.9 Å². The van der Waals surface area contributed by atoms with Crippen molar-refractivity contribution in [3.63, 3.8) is 0 Å². The van der Waals surface area contributed by atoms with E-state index in [4.69, 9.17) is 0 Å². The van der Waals surface area contributed by atoms with Crippen molar-refractivity contribution < 1.29 is 4.79 Å². The van der Waals surface area contributed by atoms with Crippen LogP contribution >= 0.6 is 11.3 Å². The maximum atomic E-state index is 12.9. The Bertz CT molecular complexity index is 763. The minimum Gasteiger partial charge on any atom is -0.340 e. The first-order valence-corrected chi connectivity index (χ1v) is 9.72. The van der Waals surface area contributed by atoms with E-state index in [0.717, 1.165) is 38.0 Å². The van der Waals surface area contributed by atoms with Crippen molar-refractivity contribution in [2.75, 3.05) is 13.1 Å². The van der Waals surface area contributed by atoms with E-state index < -0.39 is 0 Å². The number of thiophene rings is 1. The summed E-state index contributed by atoms with van der Waals surface area (Å²) >= 11 is 1.84. The van der Waals surface area contributed by atoms with Crippen LogP contribution in [0.25, 0.3) is 0 Å². The molecule has 1 saturated heterocycles. The third-order valence-corrected chi connectivity index (χ3v) is 6.47. The fourth-order valence-electron chi connectivity index (χ4n) is 4.04. The highest BCUT2D eigenvalue weighted by Crippen LogP contribution is 2.50. The molecule has 3 atom stereocenters. The maximum Gasteiger partial charge on any atom is 0.226 e. The van der Waals surface area contributed by atoms with Crippen molar-refractivity contribution in [3.05, 3.63) is 39.3 Å². The van der Waals surface area contributed by atoms with Crippen molar-refractivity contribution in [3.8, 4) is 0 Å². The third-order valence-electron chi connectivity index (χ3n) is 5.33. The van der Waals surface area contributed by atoms with Gasteiger partial charge < -0.3 is 4.90 Å². The quantitative estimate of drug-likeness (QED) is 0.849. The van der Waals surface area contributed by atoms with Gasteiger partial charge in [0.1, 0.15) is 0 Å². The van der Waals surface area contributed by atoms with Crippen LogP contribution in [0.15, 0.2) is 18.2 Å². The molecular formula is C19H25N3OS. The number of carbonyl (C=O) groups excluding carboxylic acids is 1.